The maximum Gasteiger partial charge on any atom is 0.343 e. The van der Waals surface area contributed by atoms with Crippen LogP contribution in [0.1, 0.15) is 49.7 Å². The first kappa shape index (κ1) is 25.4. The number of thioether (sulfide) groups is 1. The topological polar surface area (TPSA) is 121 Å². The number of benzene rings is 1. The van der Waals surface area contributed by atoms with Crippen molar-refractivity contribution in [2.45, 2.75) is 43.7 Å². The highest BCUT2D eigenvalue weighted by Gasteiger charge is 2.17. The van der Waals surface area contributed by atoms with E-state index in [2.05, 4.69) is 15.5 Å². The highest BCUT2D eigenvalue weighted by Crippen LogP contribution is 2.29. The smallest absolute Gasteiger partial charge is 0.343 e. The van der Waals surface area contributed by atoms with Crippen LogP contribution in [0.3, 0.4) is 0 Å². The van der Waals surface area contributed by atoms with E-state index in [9.17, 15) is 14.4 Å². The van der Waals surface area contributed by atoms with Crippen LogP contribution in [0.15, 0.2) is 50.1 Å². The Morgan fingerprint density at radius 1 is 1.15 bits per heavy atom. The highest BCUT2D eigenvalue weighted by molar-refractivity contribution is 8.00. The predicted molar refractivity (Wildman–Crippen MR) is 130 cm³/mol. The SMILES string of the molecule is CCOc1ccc(C(=O)Oc2coc(CSc3nnc(NC(=O)C(CC)CC)s3)cc2=O)cc1. The molecule has 0 fully saturated rings. The van der Waals surface area contributed by atoms with Crippen molar-refractivity contribution in [2.75, 3.05) is 11.9 Å². The van der Waals surface area contributed by atoms with Crippen LogP contribution in [0.5, 0.6) is 11.5 Å². The summed E-state index contributed by atoms with van der Waals surface area (Å²) in [7, 11) is 0. The number of esters is 1. The van der Waals surface area contributed by atoms with E-state index in [0.29, 0.717) is 33.3 Å². The van der Waals surface area contributed by atoms with Gasteiger partial charge in [0.05, 0.1) is 17.9 Å². The summed E-state index contributed by atoms with van der Waals surface area (Å²) in [5, 5.41) is 11.2. The Hall–Kier alpha value is -3.18. The summed E-state index contributed by atoms with van der Waals surface area (Å²) in [6, 6.07) is 7.69. The van der Waals surface area contributed by atoms with Gasteiger partial charge in [-0.2, -0.15) is 0 Å². The molecule has 0 aliphatic heterocycles. The van der Waals surface area contributed by atoms with Crippen LogP contribution in [0.25, 0.3) is 0 Å². The molecule has 1 aromatic carbocycles. The fraction of sp³-hybridized carbons (Fsp3) is 0.348. The summed E-state index contributed by atoms with van der Waals surface area (Å²) < 4.78 is 16.6. The average Bonchev–Trinajstić information content (AvgIpc) is 3.28. The minimum atomic E-state index is -0.672. The van der Waals surface area contributed by atoms with Gasteiger partial charge in [-0.3, -0.25) is 9.59 Å². The Labute approximate surface area is 204 Å². The summed E-state index contributed by atoms with van der Waals surface area (Å²) >= 11 is 2.56. The molecule has 0 aliphatic rings. The molecule has 2 aromatic heterocycles. The van der Waals surface area contributed by atoms with Crippen molar-refractivity contribution < 1.29 is 23.5 Å². The number of carbonyl (C=O) groups excluding carboxylic acids is 2. The zero-order valence-electron chi connectivity index (χ0n) is 19.0. The van der Waals surface area contributed by atoms with Gasteiger partial charge in [0.1, 0.15) is 17.8 Å². The van der Waals surface area contributed by atoms with Crippen LogP contribution >= 0.6 is 23.1 Å². The van der Waals surface area contributed by atoms with Crippen molar-refractivity contribution >= 4 is 40.1 Å². The van der Waals surface area contributed by atoms with Crippen molar-refractivity contribution in [3.63, 3.8) is 0 Å². The average molecular weight is 504 g/mol. The van der Waals surface area contributed by atoms with Gasteiger partial charge in [0.15, 0.2) is 4.34 Å². The van der Waals surface area contributed by atoms with Crippen LogP contribution < -0.4 is 20.2 Å². The van der Waals surface area contributed by atoms with Crippen LogP contribution in [0.2, 0.25) is 0 Å². The third kappa shape index (κ3) is 6.91. The minimum Gasteiger partial charge on any atom is -0.494 e. The Bertz CT molecular complexity index is 1170. The fourth-order valence-electron chi connectivity index (χ4n) is 2.92. The lowest BCUT2D eigenvalue weighted by molar-refractivity contribution is -0.120. The number of rotatable bonds is 11. The molecular formula is C23H25N3O6S2. The molecule has 9 nitrogen and oxygen atoms in total. The van der Waals surface area contributed by atoms with Crippen molar-refractivity contribution in [2.24, 2.45) is 5.92 Å². The maximum atomic E-state index is 12.4. The lowest BCUT2D eigenvalue weighted by Crippen LogP contribution is -2.21. The van der Waals surface area contributed by atoms with Gasteiger partial charge in [0, 0.05) is 12.0 Å². The van der Waals surface area contributed by atoms with Crippen LogP contribution in [0, 0.1) is 5.92 Å². The fourth-order valence-corrected chi connectivity index (χ4v) is 4.57. The standard InChI is InChI=1S/C23H25N3O6S2/c1-4-14(5-2)20(28)24-22-25-26-23(34-22)33-13-17-11-18(27)19(12-31-17)32-21(29)15-7-9-16(10-8-15)30-6-3/h7-12,14H,4-6,13H2,1-3H3,(H,24,25,28). The second-order valence-corrected chi connectivity index (χ2v) is 9.29. The number of nitrogens with one attached hydrogen (secondary N) is 1. The molecule has 0 radical (unpaired) electrons. The van der Waals surface area contributed by atoms with Crippen LogP contribution in [-0.4, -0.2) is 28.7 Å². The molecule has 11 heteroatoms. The Kier molecular flexibility index (Phi) is 9.23. The van der Waals surface area contributed by atoms with E-state index in [-0.39, 0.29) is 23.1 Å². The first-order valence-electron chi connectivity index (χ1n) is 10.8. The van der Waals surface area contributed by atoms with E-state index < -0.39 is 11.4 Å². The van der Waals surface area contributed by atoms with Gasteiger partial charge in [0.2, 0.25) is 22.2 Å². The van der Waals surface area contributed by atoms with Crippen molar-refractivity contribution in [1.82, 2.24) is 10.2 Å². The van der Waals surface area contributed by atoms with E-state index in [4.69, 9.17) is 13.9 Å². The van der Waals surface area contributed by atoms with Gasteiger partial charge in [-0.1, -0.05) is 36.9 Å². The lowest BCUT2D eigenvalue weighted by atomic mass is 10.0. The van der Waals surface area contributed by atoms with Crippen LogP contribution in [0.4, 0.5) is 5.13 Å². The van der Waals surface area contributed by atoms with Crippen molar-refractivity contribution in [3.8, 4) is 11.5 Å². The number of hydrogen-bond donors (Lipinski definition) is 1. The molecule has 3 aromatic rings. The van der Waals surface area contributed by atoms with E-state index in [0.717, 1.165) is 19.1 Å². The summed E-state index contributed by atoms with van der Waals surface area (Å²) in [5.41, 5.74) is -0.192. The molecule has 0 saturated carbocycles. The van der Waals surface area contributed by atoms with Gasteiger partial charge in [-0.25, -0.2) is 4.79 Å². The second kappa shape index (κ2) is 12.3. The number of hydrogen-bond acceptors (Lipinski definition) is 10. The van der Waals surface area contributed by atoms with E-state index in [1.54, 1.807) is 24.3 Å². The number of carbonyl (C=O) groups is 2. The molecule has 34 heavy (non-hydrogen) atoms. The number of amides is 1. The maximum absolute atomic E-state index is 12.4. The molecule has 0 atom stereocenters. The molecule has 0 aliphatic carbocycles. The van der Waals surface area contributed by atoms with E-state index >= 15 is 0 Å². The monoisotopic (exact) mass is 503 g/mol. The Morgan fingerprint density at radius 3 is 2.53 bits per heavy atom. The summed E-state index contributed by atoms with van der Waals surface area (Å²) in [5.74, 6) is 0.335. The number of ether oxygens (including phenoxy) is 2. The molecule has 0 saturated heterocycles. The second-order valence-electron chi connectivity index (χ2n) is 7.09. The molecule has 0 unspecified atom stereocenters. The van der Waals surface area contributed by atoms with E-state index in [1.807, 2.05) is 20.8 Å². The quantitative estimate of drug-likeness (QED) is 0.224. The largest absolute Gasteiger partial charge is 0.494 e. The molecule has 1 N–H and O–H groups in total. The third-order valence-corrected chi connectivity index (χ3v) is 6.78. The third-order valence-electron chi connectivity index (χ3n) is 4.79. The zero-order valence-corrected chi connectivity index (χ0v) is 20.7. The van der Waals surface area contributed by atoms with Gasteiger partial charge >= 0.3 is 5.97 Å². The number of aromatic nitrogens is 2. The summed E-state index contributed by atoms with van der Waals surface area (Å²) in [6.45, 7) is 6.32. The van der Waals surface area contributed by atoms with Gasteiger partial charge in [-0.05, 0) is 44.0 Å². The first-order chi connectivity index (χ1) is 16.4. The minimum absolute atomic E-state index is 0.0590. The normalized spacial score (nSPS) is 10.8. The van der Waals surface area contributed by atoms with E-state index in [1.165, 1.54) is 29.2 Å². The summed E-state index contributed by atoms with van der Waals surface area (Å²) in [6.07, 6.45) is 2.63. The number of anilines is 1. The molecule has 180 valence electrons. The molecule has 2 heterocycles. The summed E-state index contributed by atoms with van der Waals surface area (Å²) in [4.78, 5) is 36.8. The zero-order chi connectivity index (χ0) is 24.5. The lowest BCUT2D eigenvalue weighted by Gasteiger charge is -2.09. The van der Waals surface area contributed by atoms with Crippen LogP contribution in [-0.2, 0) is 10.5 Å². The Morgan fingerprint density at radius 2 is 1.88 bits per heavy atom. The highest BCUT2D eigenvalue weighted by atomic mass is 32.2. The van der Waals surface area contributed by atoms with Gasteiger partial charge in [-0.15, -0.1) is 10.2 Å². The molecule has 0 spiro atoms. The molecule has 1 amide bonds. The molecule has 3 rings (SSSR count). The predicted octanol–water partition coefficient (Wildman–Crippen LogP) is 4.78. The Balaban J connectivity index is 1.55. The van der Waals surface area contributed by atoms with Gasteiger partial charge in [0.25, 0.3) is 0 Å². The van der Waals surface area contributed by atoms with Crippen molar-refractivity contribution in [3.05, 3.63) is 58.1 Å². The first-order valence-corrected chi connectivity index (χ1v) is 12.6. The molecular weight excluding hydrogens is 478 g/mol. The van der Waals surface area contributed by atoms with Crippen molar-refractivity contribution in [1.29, 1.82) is 0 Å². The number of nitrogens with zero attached hydrogens (tertiary/aromatic N) is 2. The van der Waals surface area contributed by atoms with Gasteiger partial charge < -0.3 is 19.2 Å². The molecule has 0 bridgehead atoms.